The van der Waals surface area contributed by atoms with Crippen LogP contribution in [-0.2, 0) is 4.79 Å². The van der Waals surface area contributed by atoms with Gasteiger partial charge in [-0.15, -0.1) is 5.10 Å². The van der Waals surface area contributed by atoms with E-state index in [0.717, 1.165) is 18.5 Å². The number of rotatable bonds is 4. The predicted molar refractivity (Wildman–Crippen MR) is 84.0 cm³/mol. The van der Waals surface area contributed by atoms with E-state index in [-0.39, 0.29) is 5.91 Å². The molecule has 0 unspecified atom stereocenters. The maximum absolute atomic E-state index is 12.2. The first-order valence-electron chi connectivity index (χ1n) is 7.55. The number of tetrazole rings is 1. The van der Waals surface area contributed by atoms with E-state index in [1.165, 1.54) is 30.3 Å². The van der Waals surface area contributed by atoms with Crippen molar-refractivity contribution in [3.63, 3.8) is 0 Å². The smallest absolute Gasteiger partial charge is 0.224 e. The largest absolute Gasteiger partial charge is 0.325 e. The van der Waals surface area contributed by atoms with Crippen LogP contribution < -0.4 is 5.32 Å². The number of nitrogens with one attached hydrogen (secondary N) is 1. The van der Waals surface area contributed by atoms with Crippen LogP contribution in [0, 0.1) is 5.92 Å². The lowest BCUT2D eigenvalue weighted by molar-refractivity contribution is -0.117. The molecule has 1 aliphatic rings. The molecule has 0 aliphatic heterocycles. The number of carbonyl (C=O) groups excluding carboxylic acids is 1. The Bertz CT molecular complexity index is 637. The molecule has 1 aromatic heterocycles. The van der Waals surface area contributed by atoms with Gasteiger partial charge in [-0.1, -0.05) is 30.9 Å². The minimum absolute atomic E-state index is 0.0164. The van der Waals surface area contributed by atoms with Gasteiger partial charge in [0.1, 0.15) is 6.33 Å². The Morgan fingerprint density at radius 1 is 1.32 bits per heavy atom. The summed E-state index contributed by atoms with van der Waals surface area (Å²) in [4.78, 5) is 12.2. The van der Waals surface area contributed by atoms with Crippen LogP contribution in [0.1, 0.15) is 38.5 Å². The second kappa shape index (κ2) is 6.87. The average Bonchev–Trinajstić information content (AvgIpc) is 3.05. The Morgan fingerprint density at radius 3 is 2.86 bits per heavy atom. The van der Waals surface area contributed by atoms with Gasteiger partial charge in [0.15, 0.2) is 0 Å². The van der Waals surface area contributed by atoms with Gasteiger partial charge in [-0.3, -0.25) is 4.79 Å². The van der Waals surface area contributed by atoms with Gasteiger partial charge >= 0.3 is 0 Å². The minimum atomic E-state index is 0.0164. The number of anilines is 1. The molecule has 1 heterocycles. The number of hydrogen-bond acceptors (Lipinski definition) is 4. The zero-order valence-electron chi connectivity index (χ0n) is 12.2. The van der Waals surface area contributed by atoms with E-state index in [4.69, 9.17) is 11.6 Å². The fourth-order valence-corrected chi connectivity index (χ4v) is 3.05. The molecule has 0 atom stereocenters. The van der Waals surface area contributed by atoms with Gasteiger partial charge in [0, 0.05) is 6.42 Å². The molecule has 1 amide bonds. The second-order valence-corrected chi connectivity index (χ2v) is 6.08. The van der Waals surface area contributed by atoms with Crippen molar-refractivity contribution in [3.8, 4) is 5.69 Å². The zero-order valence-corrected chi connectivity index (χ0v) is 13.0. The van der Waals surface area contributed by atoms with E-state index in [2.05, 4.69) is 20.8 Å². The highest BCUT2D eigenvalue weighted by Crippen LogP contribution is 2.28. The van der Waals surface area contributed by atoms with Crippen molar-refractivity contribution < 1.29 is 4.79 Å². The Balaban J connectivity index is 1.68. The molecular formula is C15H18ClN5O. The highest BCUT2D eigenvalue weighted by molar-refractivity contribution is 6.33. The summed E-state index contributed by atoms with van der Waals surface area (Å²) in [6.45, 7) is 0. The van der Waals surface area contributed by atoms with E-state index in [1.54, 1.807) is 18.2 Å². The van der Waals surface area contributed by atoms with Crippen molar-refractivity contribution >= 4 is 23.2 Å². The normalized spacial score (nSPS) is 15.7. The van der Waals surface area contributed by atoms with Gasteiger partial charge in [-0.2, -0.15) is 0 Å². The number of halogens is 1. The molecule has 0 bridgehead atoms. The highest BCUT2D eigenvalue weighted by Gasteiger charge is 2.17. The third-order valence-corrected chi connectivity index (χ3v) is 4.37. The SMILES string of the molecule is O=C(CC1CCCCC1)Nc1cc(-n2cnnn2)ccc1Cl. The average molecular weight is 320 g/mol. The summed E-state index contributed by atoms with van der Waals surface area (Å²) in [6, 6.07) is 5.31. The number of hydrogen-bond donors (Lipinski definition) is 1. The Labute approximate surface area is 133 Å². The van der Waals surface area contributed by atoms with Crippen LogP contribution in [0.5, 0.6) is 0 Å². The van der Waals surface area contributed by atoms with Crippen molar-refractivity contribution in [2.24, 2.45) is 5.92 Å². The van der Waals surface area contributed by atoms with Crippen LogP contribution in [0.25, 0.3) is 5.69 Å². The quantitative estimate of drug-likeness (QED) is 0.939. The van der Waals surface area contributed by atoms with Crippen molar-refractivity contribution in [1.82, 2.24) is 20.2 Å². The topological polar surface area (TPSA) is 72.7 Å². The van der Waals surface area contributed by atoms with Gasteiger partial charge < -0.3 is 5.32 Å². The molecule has 7 heteroatoms. The molecule has 1 aromatic carbocycles. The third-order valence-electron chi connectivity index (χ3n) is 4.04. The molecule has 1 saturated carbocycles. The first kappa shape index (κ1) is 15.0. The van der Waals surface area contributed by atoms with Crippen molar-refractivity contribution in [3.05, 3.63) is 29.5 Å². The summed E-state index contributed by atoms with van der Waals surface area (Å²) in [7, 11) is 0. The van der Waals surface area contributed by atoms with Crippen molar-refractivity contribution in [2.45, 2.75) is 38.5 Å². The number of nitrogens with zero attached hydrogens (tertiary/aromatic N) is 4. The number of benzene rings is 1. The van der Waals surface area contributed by atoms with Crippen molar-refractivity contribution in [1.29, 1.82) is 0 Å². The van der Waals surface area contributed by atoms with Gasteiger partial charge in [0.2, 0.25) is 5.91 Å². The first-order chi connectivity index (χ1) is 10.7. The number of amides is 1. The summed E-state index contributed by atoms with van der Waals surface area (Å²) >= 11 is 6.17. The third kappa shape index (κ3) is 3.62. The lowest BCUT2D eigenvalue weighted by Crippen LogP contribution is -2.18. The number of carbonyl (C=O) groups is 1. The van der Waals surface area contributed by atoms with E-state index >= 15 is 0 Å². The first-order valence-corrected chi connectivity index (χ1v) is 7.93. The van der Waals surface area contributed by atoms with Gasteiger partial charge in [-0.05, 0) is 47.4 Å². The highest BCUT2D eigenvalue weighted by atomic mass is 35.5. The number of aromatic nitrogens is 4. The Hall–Kier alpha value is -1.95. The molecule has 0 radical (unpaired) electrons. The van der Waals surface area contributed by atoms with Crippen LogP contribution >= 0.6 is 11.6 Å². The predicted octanol–water partition coefficient (Wildman–Crippen LogP) is 3.22. The zero-order chi connectivity index (χ0) is 15.4. The molecule has 3 rings (SSSR count). The molecule has 1 N–H and O–H groups in total. The molecule has 22 heavy (non-hydrogen) atoms. The molecule has 1 fully saturated rings. The van der Waals surface area contributed by atoms with E-state index < -0.39 is 0 Å². The molecule has 0 spiro atoms. The fourth-order valence-electron chi connectivity index (χ4n) is 2.89. The summed E-state index contributed by atoms with van der Waals surface area (Å²) in [6.07, 6.45) is 8.10. The molecule has 2 aromatic rings. The summed E-state index contributed by atoms with van der Waals surface area (Å²) < 4.78 is 1.52. The minimum Gasteiger partial charge on any atom is -0.325 e. The monoisotopic (exact) mass is 319 g/mol. The fraction of sp³-hybridized carbons (Fsp3) is 0.467. The summed E-state index contributed by atoms with van der Waals surface area (Å²) in [5.74, 6) is 0.512. The lowest BCUT2D eigenvalue weighted by Gasteiger charge is -2.21. The molecule has 6 nitrogen and oxygen atoms in total. The van der Waals surface area contributed by atoms with Crippen LogP contribution in [0.4, 0.5) is 5.69 Å². The van der Waals surface area contributed by atoms with E-state index in [1.807, 2.05) is 0 Å². The molecule has 1 aliphatic carbocycles. The lowest BCUT2D eigenvalue weighted by atomic mass is 9.87. The van der Waals surface area contributed by atoms with E-state index in [9.17, 15) is 4.79 Å². The molecule has 116 valence electrons. The Morgan fingerprint density at radius 2 is 2.14 bits per heavy atom. The Kier molecular flexibility index (Phi) is 4.68. The maximum Gasteiger partial charge on any atom is 0.224 e. The van der Waals surface area contributed by atoms with Crippen molar-refractivity contribution in [2.75, 3.05) is 5.32 Å². The molecular weight excluding hydrogens is 302 g/mol. The van der Waals surface area contributed by atoms with Crippen LogP contribution in [0.2, 0.25) is 5.02 Å². The van der Waals surface area contributed by atoms with Crippen LogP contribution in [0.3, 0.4) is 0 Å². The van der Waals surface area contributed by atoms with Gasteiger partial charge in [0.05, 0.1) is 16.4 Å². The standard InChI is InChI=1S/C15H18ClN5O/c16-13-7-6-12(21-10-17-19-20-21)9-14(13)18-15(22)8-11-4-2-1-3-5-11/h6-7,9-11H,1-5,8H2,(H,18,22). The van der Waals surface area contributed by atoms with Gasteiger partial charge in [-0.25, -0.2) is 4.68 Å². The van der Waals surface area contributed by atoms with Crippen LogP contribution in [-0.4, -0.2) is 26.1 Å². The summed E-state index contributed by atoms with van der Waals surface area (Å²) in [5, 5.41) is 14.4. The van der Waals surface area contributed by atoms with Gasteiger partial charge in [0.25, 0.3) is 0 Å². The second-order valence-electron chi connectivity index (χ2n) is 5.67. The molecule has 0 saturated heterocycles. The summed E-state index contributed by atoms with van der Waals surface area (Å²) in [5.41, 5.74) is 1.35. The maximum atomic E-state index is 12.2. The van der Waals surface area contributed by atoms with E-state index in [0.29, 0.717) is 23.0 Å². The van der Waals surface area contributed by atoms with Crippen LogP contribution in [0.15, 0.2) is 24.5 Å².